The van der Waals surface area contributed by atoms with Gasteiger partial charge < -0.3 is 15.6 Å². The van der Waals surface area contributed by atoms with Crippen molar-refractivity contribution in [2.75, 3.05) is 11.9 Å². The number of carbonyl (C=O) groups is 2. The minimum absolute atomic E-state index is 0.457. The zero-order valence-electron chi connectivity index (χ0n) is 14.2. The molecule has 3 N–H and O–H groups in total. The highest BCUT2D eigenvalue weighted by Gasteiger charge is 2.13. The van der Waals surface area contributed by atoms with E-state index in [2.05, 4.69) is 20.6 Å². The first-order chi connectivity index (χ1) is 12.7. The van der Waals surface area contributed by atoms with Gasteiger partial charge >= 0.3 is 11.8 Å². The van der Waals surface area contributed by atoms with Crippen LogP contribution in [0.4, 0.5) is 5.69 Å². The second kappa shape index (κ2) is 8.62. The van der Waals surface area contributed by atoms with Crippen LogP contribution in [-0.2, 0) is 16.0 Å². The summed E-state index contributed by atoms with van der Waals surface area (Å²) in [5.41, 5.74) is 2.67. The molecule has 0 unspecified atom stereocenters. The molecule has 0 fully saturated rings. The van der Waals surface area contributed by atoms with Gasteiger partial charge in [-0.2, -0.15) is 0 Å². The largest absolute Gasteiger partial charge is 0.348 e. The van der Waals surface area contributed by atoms with Crippen LogP contribution < -0.4 is 10.6 Å². The monoisotopic (exact) mass is 348 g/mol. The molecule has 0 radical (unpaired) electrons. The molecule has 26 heavy (non-hydrogen) atoms. The van der Waals surface area contributed by atoms with E-state index in [-0.39, 0.29) is 0 Å². The average Bonchev–Trinajstić information content (AvgIpc) is 3.21. The molecule has 2 aromatic carbocycles. The molecule has 0 aliphatic heterocycles. The van der Waals surface area contributed by atoms with Crippen LogP contribution in [0.3, 0.4) is 0 Å². The van der Waals surface area contributed by atoms with E-state index in [1.165, 1.54) is 5.56 Å². The van der Waals surface area contributed by atoms with Crippen LogP contribution in [0.25, 0.3) is 11.4 Å². The molecular weight excluding hydrogens is 328 g/mol. The van der Waals surface area contributed by atoms with Crippen molar-refractivity contribution >= 4 is 17.5 Å². The Morgan fingerprint density at radius 1 is 0.962 bits per heavy atom. The summed E-state index contributed by atoms with van der Waals surface area (Å²) in [6, 6.07) is 17.1. The molecule has 1 heterocycles. The molecule has 3 rings (SSSR count). The maximum Gasteiger partial charge on any atom is 0.313 e. The fraction of sp³-hybridized carbons (Fsp3) is 0.150. The van der Waals surface area contributed by atoms with E-state index in [4.69, 9.17) is 0 Å². The molecule has 132 valence electrons. The molecule has 1 aromatic heterocycles. The molecule has 6 heteroatoms. The normalized spacial score (nSPS) is 10.3. The van der Waals surface area contributed by atoms with Gasteiger partial charge in [0.05, 0.1) is 0 Å². The zero-order chi connectivity index (χ0) is 18.2. The van der Waals surface area contributed by atoms with Gasteiger partial charge in [-0.1, -0.05) is 30.3 Å². The number of aromatic nitrogens is 2. The number of benzene rings is 2. The standard InChI is InChI=1S/C20H20N4O2/c25-19(23-12-4-7-15-5-2-1-3-6-15)20(26)24-17-10-8-16(9-11-17)18-21-13-14-22-18/h1-3,5-6,8-11,13-14H,4,7,12H2,(H,21,22)(H,23,25)(H,24,26). The number of aryl methyl sites for hydroxylation is 1. The van der Waals surface area contributed by atoms with Crippen molar-refractivity contribution < 1.29 is 9.59 Å². The Morgan fingerprint density at radius 2 is 1.73 bits per heavy atom. The number of nitrogens with one attached hydrogen (secondary N) is 3. The fourth-order valence-electron chi connectivity index (χ4n) is 2.54. The fourth-order valence-corrected chi connectivity index (χ4v) is 2.54. The summed E-state index contributed by atoms with van der Waals surface area (Å²) < 4.78 is 0. The number of amides is 2. The summed E-state index contributed by atoms with van der Waals surface area (Å²) in [5.74, 6) is -0.553. The molecule has 0 saturated carbocycles. The van der Waals surface area contributed by atoms with E-state index in [1.54, 1.807) is 24.5 Å². The van der Waals surface area contributed by atoms with Gasteiger partial charge in [0.15, 0.2) is 0 Å². The minimum Gasteiger partial charge on any atom is -0.348 e. The summed E-state index contributed by atoms with van der Waals surface area (Å²) in [7, 11) is 0. The molecule has 0 atom stereocenters. The maximum absolute atomic E-state index is 11.9. The molecule has 0 aliphatic rings. The van der Waals surface area contributed by atoms with Crippen LogP contribution in [0.2, 0.25) is 0 Å². The lowest BCUT2D eigenvalue weighted by molar-refractivity contribution is -0.136. The molecule has 0 aliphatic carbocycles. The number of imidazole rings is 1. The second-order valence-electron chi connectivity index (χ2n) is 5.81. The summed E-state index contributed by atoms with van der Waals surface area (Å²) in [6.07, 6.45) is 5.05. The quantitative estimate of drug-likeness (QED) is 0.473. The number of nitrogens with zero attached hydrogens (tertiary/aromatic N) is 1. The Morgan fingerprint density at radius 3 is 2.42 bits per heavy atom. The maximum atomic E-state index is 11.9. The number of hydrogen-bond acceptors (Lipinski definition) is 3. The van der Waals surface area contributed by atoms with Gasteiger partial charge in [-0.15, -0.1) is 0 Å². The van der Waals surface area contributed by atoms with E-state index < -0.39 is 11.8 Å². The Labute approximate surface area is 151 Å². The summed E-state index contributed by atoms with van der Waals surface area (Å²) >= 11 is 0. The lowest BCUT2D eigenvalue weighted by Crippen LogP contribution is -2.36. The Hall–Kier alpha value is -3.41. The molecule has 0 bridgehead atoms. The first-order valence-electron chi connectivity index (χ1n) is 8.45. The van der Waals surface area contributed by atoms with Crippen LogP contribution in [0, 0.1) is 0 Å². The highest BCUT2D eigenvalue weighted by Crippen LogP contribution is 2.17. The van der Waals surface area contributed by atoms with E-state index >= 15 is 0 Å². The third kappa shape index (κ3) is 4.80. The van der Waals surface area contributed by atoms with Crippen molar-refractivity contribution in [3.05, 3.63) is 72.6 Å². The molecule has 0 spiro atoms. The molecule has 2 amide bonds. The molecule has 3 aromatic rings. The van der Waals surface area contributed by atoms with Gasteiger partial charge in [0, 0.05) is 30.2 Å². The summed E-state index contributed by atoms with van der Waals surface area (Å²) in [5, 5.41) is 5.23. The van der Waals surface area contributed by atoms with Crippen molar-refractivity contribution in [2.45, 2.75) is 12.8 Å². The van der Waals surface area contributed by atoms with Gasteiger partial charge in [0.2, 0.25) is 0 Å². The van der Waals surface area contributed by atoms with Crippen LogP contribution in [0.15, 0.2) is 67.0 Å². The minimum atomic E-state index is -0.671. The highest BCUT2D eigenvalue weighted by atomic mass is 16.2. The number of carbonyl (C=O) groups excluding carboxylic acids is 2. The lowest BCUT2D eigenvalue weighted by Gasteiger charge is -2.07. The number of anilines is 1. The zero-order valence-corrected chi connectivity index (χ0v) is 14.2. The topological polar surface area (TPSA) is 86.9 Å². The lowest BCUT2D eigenvalue weighted by atomic mass is 10.1. The van der Waals surface area contributed by atoms with Crippen molar-refractivity contribution in [1.29, 1.82) is 0 Å². The van der Waals surface area contributed by atoms with E-state index in [9.17, 15) is 9.59 Å². The predicted octanol–water partition coefficient (Wildman–Crippen LogP) is 2.76. The Bertz CT molecular complexity index is 843. The smallest absolute Gasteiger partial charge is 0.313 e. The van der Waals surface area contributed by atoms with Gasteiger partial charge in [-0.25, -0.2) is 4.98 Å². The number of aromatic amines is 1. The van der Waals surface area contributed by atoms with E-state index in [0.717, 1.165) is 24.2 Å². The molecule has 6 nitrogen and oxygen atoms in total. The first-order valence-corrected chi connectivity index (χ1v) is 8.45. The van der Waals surface area contributed by atoms with E-state index in [1.807, 2.05) is 42.5 Å². The second-order valence-corrected chi connectivity index (χ2v) is 5.81. The van der Waals surface area contributed by atoms with Crippen molar-refractivity contribution in [3.63, 3.8) is 0 Å². The SMILES string of the molecule is O=C(NCCCc1ccccc1)C(=O)Nc1ccc(-c2ncc[nH]2)cc1. The third-order valence-corrected chi connectivity index (χ3v) is 3.89. The van der Waals surface area contributed by atoms with E-state index in [0.29, 0.717) is 12.2 Å². The Kier molecular flexibility index (Phi) is 5.77. The average molecular weight is 348 g/mol. The third-order valence-electron chi connectivity index (χ3n) is 3.89. The summed E-state index contributed by atoms with van der Waals surface area (Å²) in [6.45, 7) is 0.457. The van der Waals surface area contributed by atoms with Crippen molar-refractivity contribution in [2.24, 2.45) is 0 Å². The van der Waals surface area contributed by atoms with Gasteiger partial charge in [0.1, 0.15) is 5.82 Å². The predicted molar refractivity (Wildman–Crippen MR) is 100 cm³/mol. The Balaban J connectivity index is 1.43. The highest BCUT2D eigenvalue weighted by molar-refractivity contribution is 6.39. The number of rotatable bonds is 6. The van der Waals surface area contributed by atoms with Gasteiger partial charge in [-0.3, -0.25) is 9.59 Å². The van der Waals surface area contributed by atoms with Crippen LogP contribution in [0.1, 0.15) is 12.0 Å². The number of hydrogen-bond donors (Lipinski definition) is 3. The number of H-pyrrole nitrogens is 1. The first kappa shape index (κ1) is 17.4. The molecule has 0 saturated heterocycles. The van der Waals surface area contributed by atoms with Gasteiger partial charge in [-0.05, 0) is 42.7 Å². The molecular formula is C20H20N4O2. The van der Waals surface area contributed by atoms with Crippen molar-refractivity contribution in [3.8, 4) is 11.4 Å². The summed E-state index contributed by atoms with van der Waals surface area (Å²) in [4.78, 5) is 31.0. The van der Waals surface area contributed by atoms with Gasteiger partial charge in [0.25, 0.3) is 0 Å². The van der Waals surface area contributed by atoms with Crippen LogP contribution in [0.5, 0.6) is 0 Å². The van der Waals surface area contributed by atoms with Crippen molar-refractivity contribution in [1.82, 2.24) is 15.3 Å². The van der Waals surface area contributed by atoms with Crippen LogP contribution in [-0.4, -0.2) is 28.3 Å². The van der Waals surface area contributed by atoms with Crippen LogP contribution >= 0.6 is 0 Å².